The quantitative estimate of drug-likeness (QED) is 0.886. The number of benzene rings is 1. The van der Waals surface area contributed by atoms with E-state index in [1.54, 1.807) is 30.3 Å². The Labute approximate surface area is 137 Å². The van der Waals surface area contributed by atoms with Crippen LogP contribution in [0.3, 0.4) is 0 Å². The third-order valence-electron chi connectivity index (χ3n) is 3.99. The molecule has 1 saturated heterocycles. The molecule has 0 aromatic heterocycles. The Kier molecular flexibility index (Phi) is 5.69. The van der Waals surface area contributed by atoms with Crippen molar-refractivity contribution in [1.29, 1.82) is 0 Å². The zero-order valence-electron chi connectivity index (χ0n) is 12.8. The fourth-order valence-electron chi connectivity index (χ4n) is 2.85. The number of aliphatic carboxylic acids is 1. The molecule has 1 fully saturated rings. The highest BCUT2D eigenvalue weighted by Crippen LogP contribution is 2.37. The molecule has 24 heavy (non-hydrogen) atoms. The number of amides is 1. The predicted octanol–water partition coefficient (Wildman–Crippen LogP) is 3.58. The Bertz CT molecular complexity index is 576. The monoisotopic (exact) mass is 345 g/mol. The average Bonchev–Trinajstić information content (AvgIpc) is 2.96. The lowest BCUT2D eigenvalue weighted by Crippen LogP contribution is -2.48. The number of likely N-dealkylation sites (tertiary alicyclic amines) is 1. The summed E-state index contributed by atoms with van der Waals surface area (Å²) in [5.41, 5.74) is 0.663. The number of alkyl halides is 3. The lowest BCUT2D eigenvalue weighted by molar-refractivity contribution is -0.174. The summed E-state index contributed by atoms with van der Waals surface area (Å²) in [5, 5.41) is 8.72. The van der Waals surface area contributed by atoms with Gasteiger partial charge in [0.25, 0.3) is 0 Å². The van der Waals surface area contributed by atoms with Crippen LogP contribution >= 0.6 is 0 Å². The number of carboxylic acids is 1. The summed E-state index contributed by atoms with van der Waals surface area (Å²) in [4.78, 5) is 23.5. The van der Waals surface area contributed by atoms with Gasteiger partial charge in [-0.3, -0.25) is 9.69 Å². The van der Waals surface area contributed by atoms with E-state index in [1.165, 1.54) is 0 Å². The highest BCUT2D eigenvalue weighted by Gasteiger charge is 2.52. The van der Waals surface area contributed by atoms with Gasteiger partial charge in [-0.2, -0.15) is 13.2 Å². The smallest absolute Gasteiger partial charge is 0.410 e. The lowest BCUT2D eigenvalue weighted by atomic mass is 10.1. The van der Waals surface area contributed by atoms with Gasteiger partial charge in [0.2, 0.25) is 0 Å². The summed E-state index contributed by atoms with van der Waals surface area (Å²) in [6.45, 7) is -0.133. The summed E-state index contributed by atoms with van der Waals surface area (Å²) < 4.78 is 44.4. The van der Waals surface area contributed by atoms with Crippen molar-refractivity contribution < 1.29 is 32.6 Å². The van der Waals surface area contributed by atoms with E-state index in [0.717, 1.165) is 0 Å². The van der Waals surface area contributed by atoms with Crippen molar-refractivity contribution in [2.24, 2.45) is 0 Å². The molecule has 2 atom stereocenters. The molecule has 1 aliphatic heterocycles. The normalized spacial score (nSPS) is 20.9. The van der Waals surface area contributed by atoms with E-state index in [9.17, 15) is 22.8 Å². The van der Waals surface area contributed by atoms with Gasteiger partial charge in [-0.1, -0.05) is 30.3 Å². The number of carboxylic acid groups (broad SMARTS) is 1. The summed E-state index contributed by atoms with van der Waals surface area (Å²) in [5.74, 6) is -1.11. The van der Waals surface area contributed by atoms with E-state index in [4.69, 9.17) is 9.84 Å². The van der Waals surface area contributed by atoms with Crippen LogP contribution in [0.5, 0.6) is 0 Å². The van der Waals surface area contributed by atoms with E-state index >= 15 is 0 Å². The van der Waals surface area contributed by atoms with E-state index in [0.29, 0.717) is 10.5 Å². The van der Waals surface area contributed by atoms with Crippen molar-refractivity contribution in [3.05, 3.63) is 35.9 Å². The molecular formula is C16H18F3NO4. The fourth-order valence-corrected chi connectivity index (χ4v) is 2.85. The topological polar surface area (TPSA) is 66.8 Å². The first-order valence-corrected chi connectivity index (χ1v) is 7.56. The number of carbonyl (C=O) groups excluding carboxylic acids is 1. The maximum atomic E-state index is 13.1. The number of rotatable bonds is 5. The van der Waals surface area contributed by atoms with Crippen LogP contribution in [0.15, 0.2) is 30.3 Å². The molecule has 2 rings (SSSR count). The Morgan fingerprint density at radius 1 is 1.21 bits per heavy atom. The molecule has 1 aromatic carbocycles. The molecule has 0 radical (unpaired) electrons. The van der Waals surface area contributed by atoms with Crippen molar-refractivity contribution in [3.8, 4) is 0 Å². The number of ether oxygens (including phenoxy) is 1. The molecule has 8 heteroatoms. The molecule has 0 unspecified atom stereocenters. The molecule has 1 N–H and O–H groups in total. The standard InChI is InChI=1S/C16H18F3NO4/c17-16(18,19)13-8-6-12(7-9-14(21)22)20(13)15(23)24-10-11-4-2-1-3-5-11/h1-5,12-13H,6-10H2,(H,21,22)/t12-,13+/m1/s1. The number of hydrogen-bond donors (Lipinski definition) is 1. The van der Waals surface area contributed by atoms with Gasteiger partial charge in [0.05, 0.1) is 0 Å². The predicted molar refractivity (Wildman–Crippen MR) is 78.2 cm³/mol. The van der Waals surface area contributed by atoms with Crippen LogP contribution in [-0.2, 0) is 16.1 Å². The van der Waals surface area contributed by atoms with Crippen molar-refractivity contribution in [2.45, 2.75) is 50.6 Å². The highest BCUT2D eigenvalue weighted by molar-refractivity contribution is 5.70. The van der Waals surface area contributed by atoms with E-state index in [2.05, 4.69) is 0 Å². The van der Waals surface area contributed by atoms with Gasteiger partial charge >= 0.3 is 18.2 Å². The van der Waals surface area contributed by atoms with Crippen LogP contribution in [0.1, 0.15) is 31.2 Å². The first kappa shape index (κ1) is 18.1. The van der Waals surface area contributed by atoms with Gasteiger partial charge in [0.15, 0.2) is 0 Å². The van der Waals surface area contributed by atoms with Gasteiger partial charge in [-0.15, -0.1) is 0 Å². The van der Waals surface area contributed by atoms with Crippen LogP contribution in [0.25, 0.3) is 0 Å². The van der Waals surface area contributed by atoms with Crippen LogP contribution in [0, 0.1) is 0 Å². The molecule has 0 bridgehead atoms. The molecule has 5 nitrogen and oxygen atoms in total. The summed E-state index contributed by atoms with van der Waals surface area (Å²) in [7, 11) is 0. The number of nitrogens with zero attached hydrogens (tertiary/aromatic N) is 1. The van der Waals surface area contributed by atoms with E-state index in [-0.39, 0.29) is 32.3 Å². The molecule has 0 saturated carbocycles. The van der Waals surface area contributed by atoms with Crippen molar-refractivity contribution in [3.63, 3.8) is 0 Å². The summed E-state index contributed by atoms with van der Waals surface area (Å²) >= 11 is 0. The van der Waals surface area contributed by atoms with Gasteiger partial charge in [-0.25, -0.2) is 4.79 Å². The zero-order valence-corrected chi connectivity index (χ0v) is 12.8. The van der Waals surface area contributed by atoms with E-state index in [1.807, 2.05) is 0 Å². The highest BCUT2D eigenvalue weighted by atomic mass is 19.4. The second kappa shape index (κ2) is 7.55. The minimum absolute atomic E-state index is 0.0254. The van der Waals surface area contributed by atoms with Crippen molar-refractivity contribution in [2.75, 3.05) is 0 Å². The second-order valence-electron chi connectivity index (χ2n) is 5.67. The Balaban J connectivity index is 2.06. The van der Waals surface area contributed by atoms with Gasteiger partial charge in [0.1, 0.15) is 12.6 Å². The largest absolute Gasteiger partial charge is 0.481 e. The molecular weight excluding hydrogens is 327 g/mol. The van der Waals surface area contributed by atoms with Crippen molar-refractivity contribution in [1.82, 2.24) is 4.90 Å². The minimum Gasteiger partial charge on any atom is -0.481 e. The Morgan fingerprint density at radius 2 is 1.88 bits per heavy atom. The fraction of sp³-hybridized carbons (Fsp3) is 0.500. The average molecular weight is 345 g/mol. The zero-order chi connectivity index (χ0) is 17.7. The molecule has 132 valence electrons. The van der Waals surface area contributed by atoms with E-state index < -0.39 is 30.3 Å². The number of hydrogen-bond acceptors (Lipinski definition) is 3. The number of halogens is 3. The Morgan fingerprint density at radius 3 is 2.46 bits per heavy atom. The summed E-state index contributed by atoms with van der Waals surface area (Å²) in [6, 6.07) is 5.91. The maximum Gasteiger partial charge on any atom is 0.410 e. The molecule has 1 aromatic rings. The van der Waals surface area contributed by atoms with Crippen LogP contribution in [0.4, 0.5) is 18.0 Å². The van der Waals surface area contributed by atoms with Crippen LogP contribution in [-0.4, -0.2) is 40.3 Å². The first-order chi connectivity index (χ1) is 11.3. The third kappa shape index (κ3) is 4.62. The molecule has 0 spiro atoms. The molecule has 1 aliphatic rings. The molecule has 0 aliphatic carbocycles. The molecule has 1 heterocycles. The SMILES string of the molecule is O=C(O)CC[C@H]1CC[C@@H](C(F)(F)F)N1C(=O)OCc1ccccc1. The number of carbonyl (C=O) groups is 2. The third-order valence-corrected chi connectivity index (χ3v) is 3.99. The second-order valence-corrected chi connectivity index (χ2v) is 5.67. The summed E-state index contributed by atoms with van der Waals surface area (Å²) in [6.07, 6.45) is -6.08. The van der Waals surface area contributed by atoms with Gasteiger partial charge in [-0.05, 0) is 24.8 Å². The van der Waals surface area contributed by atoms with Gasteiger partial charge in [0, 0.05) is 12.5 Å². The van der Waals surface area contributed by atoms with Crippen LogP contribution < -0.4 is 0 Å². The molecule has 1 amide bonds. The van der Waals surface area contributed by atoms with Crippen LogP contribution in [0.2, 0.25) is 0 Å². The van der Waals surface area contributed by atoms with Crippen molar-refractivity contribution >= 4 is 12.1 Å². The minimum atomic E-state index is -4.57. The lowest BCUT2D eigenvalue weighted by Gasteiger charge is -2.30. The Hall–Kier alpha value is -2.25. The van der Waals surface area contributed by atoms with Gasteiger partial charge < -0.3 is 9.84 Å². The first-order valence-electron chi connectivity index (χ1n) is 7.56. The maximum absolute atomic E-state index is 13.1.